The lowest BCUT2D eigenvalue weighted by atomic mass is 10.0. The lowest BCUT2D eigenvalue weighted by molar-refractivity contribution is 0.599. The van der Waals surface area contributed by atoms with E-state index in [0.717, 1.165) is 17.7 Å². The lowest BCUT2D eigenvalue weighted by Gasteiger charge is -2.28. The van der Waals surface area contributed by atoms with Crippen LogP contribution in [0.1, 0.15) is 25.3 Å². The molecule has 1 fully saturated rings. The number of halogens is 1. The van der Waals surface area contributed by atoms with E-state index < -0.39 is 9.84 Å². The van der Waals surface area contributed by atoms with Gasteiger partial charge >= 0.3 is 0 Å². The molecular weight excluding hydrogens is 291 g/mol. The summed E-state index contributed by atoms with van der Waals surface area (Å²) < 4.78 is 36.8. The summed E-state index contributed by atoms with van der Waals surface area (Å²) in [4.78, 5) is 1.96. The van der Waals surface area contributed by atoms with Crippen LogP contribution in [0.4, 0.5) is 10.1 Å². The van der Waals surface area contributed by atoms with Gasteiger partial charge in [0.15, 0.2) is 9.84 Å². The SMILES string of the molecule is CCC(N)Cc1cc(F)ccc1N(C)C1CCS(=O)(=O)C1. The Morgan fingerprint density at radius 1 is 1.48 bits per heavy atom. The normalized spacial score (nSPS) is 22.2. The quantitative estimate of drug-likeness (QED) is 0.899. The Balaban J connectivity index is 2.26. The molecule has 1 aliphatic heterocycles. The zero-order chi connectivity index (χ0) is 15.6. The molecule has 1 aliphatic rings. The van der Waals surface area contributed by atoms with E-state index in [0.29, 0.717) is 12.8 Å². The summed E-state index contributed by atoms with van der Waals surface area (Å²) in [7, 11) is -1.06. The van der Waals surface area contributed by atoms with Crippen molar-refractivity contribution in [3.05, 3.63) is 29.6 Å². The van der Waals surface area contributed by atoms with Gasteiger partial charge in [-0.3, -0.25) is 0 Å². The van der Waals surface area contributed by atoms with Crippen molar-refractivity contribution >= 4 is 15.5 Å². The monoisotopic (exact) mass is 314 g/mol. The van der Waals surface area contributed by atoms with Gasteiger partial charge in [-0.2, -0.15) is 0 Å². The summed E-state index contributed by atoms with van der Waals surface area (Å²) in [5, 5.41) is 0. The highest BCUT2D eigenvalue weighted by Gasteiger charge is 2.31. The van der Waals surface area contributed by atoms with Crippen molar-refractivity contribution in [3.63, 3.8) is 0 Å². The fraction of sp³-hybridized carbons (Fsp3) is 0.600. The maximum Gasteiger partial charge on any atom is 0.152 e. The third-order valence-corrected chi connectivity index (χ3v) is 5.93. The topological polar surface area (TPSA) is 63.4 Å². The Hall–Kier alpha value is -1.14. The zero-order valence-electron chi connectivity index (χ0n) is 12.5. The van der Waals surface area contributed by atoms with Crippen molar-refractivity contribution in [3.8, 4) is 0 Å². The third kappa shape index (κ3) is 3.95. The average Bonchev–Trinajstić information content (AvgIpc) is 2.78. The van der Waals surface area contributed by atoms with Crippen molar-refractivity contribution in [2.45, 2.75) is 38.3 Å². The molecule has 2 N–H and O–H groups in total. The van der Waals surface area contributed by atoms with E-state index in [9.17, 15) is 12.8 Å². The summed E-state index contributed by atoms with van der Waals surface area (Å²) in [5.74, 6) is 0.108. The van der Waals surface area contributed by atoms with Gasteiger partial charge in [0.05, 0.1) is 11.5 Å². The number of hydrogen-bond donors (Lipinski definition) is 1. The first-order valence-corrected chi connectivity index (χ1v) is 9.12. The summed E-state index contributed by atoms with van der Waals surface area (Å²) in [6, 6.07) is 4.57. The molecule has 118 valence electrons. The minimum absolute atomic E-state index is 0.0220. The van der Waals surface area contributed by atoms with E-state index in [4.69, 9.17) is 5.73 Å². The van der Waals surface area contributed by atoms with Crippen LogP contribution < -0.4 is 10.6 Å². The van der Waals surface area contributed by atoms with Crippen LogP contribution in [0.2, 0.25) is 0 Å². The fourth-order valence-electron chi connectivity index (χ4n) is 2.77. The van der Waals surface area contributed by atoms with Crippen molar-refractivity contribution in [1.29, 1.82) is 0 Å². The Morgan fingerprint density at radius 3 is 2.76 bits per heavy atom. The number of rotatable bonds is 5. The minimum Gasteiger partial charge on any atom is -0.370 e. The number of sulfone groups is 1. The lowest BCUT2D eigenvalue weighted by Crippen LogP contribution is -2.34. The summed E-state index contributed by atoms with van der Waals surface area (Å²) >= 11 is 0. The van der Waals surface area contributed by atoms with Crippen LogP contribution in [-0.4, -0.2) is 39.1 Å². The fourth-order valence-corrected chi connectivity index (χ4v) is 4.54. The molecule has 21 heavy (non-hydrogen) atoms. The van der Waals surface area contributed by atoms with Crippen LogP contribution >= 0.6 is 0 Å². The van der Waals surface area contributed by atoms with E-state index in [2.05, 4.69) is 0 Å². The highest BCUT2D eigenvalue weighted by Crippen LogP contribution is 2.27. The second kappa shape index (κ2) is 6.32. The highest BCUT2D eigenvalue weighted by molar-refractivity contribution is 7.91. The van der Waals surface area contributed by atoms with Crippen LogP contribution in [0.5, 0.6) is 0 Å². The molecule has 0 saturated carbocycles. The first kappa shape index (κ1) is 16.2. The van der Waals surface area contributed by atoms with Gasteiger partial charge in [0.1, 0.15) is 5.82 Å². The molecule has 1 saturated heterocycles. The van der Waals surface area contributed by atoms with Crippen LogP contribution in [0.25, 0.3) is 0 Å². The standard InChI is InChI=1S/C15H23FN2O2S/c1-3-13(17)9-11-8-12(16)4-5-15(11)18(2)14-6-7-21(19,20)10-14/h4-5,8,13-14H,3,6-7,9-10,17H2,1-2H3. The number of nitrogens with two attached hydrogens (primary N) is 1. The molecule has 4 nitrogen and oxygen atoms in total. The molecule has 1 aromatic carbocycles. The van der Waals surface area contributed by atoms with Gasteiger partial charge in [0.25, 0.3) is 0 Å². The summed E-state index contributed by atoms with van der Waals surface area (Å²) in [6.07, 6.45) is 2.03. The van der Waals surface area contributed by atoms with Crippen molar-refractivity contribution in [2.75, 3.05) is 23.5 Å². The van der Waals surface area contributed by atoms with Gasteiger partial charge in [-0.05, 0) is 43.0 Å². The Morgan fingerprint density at radius 2 is 2.19 bits per heavy atom. The first-order valence-electron chi connectivity index (χ1n) is 7.29. The molecule has 0 radical (unpaired) electrons. The van der Waals surface area contributed by atoms with E-state index in [1.807, 2.05) is 18.9 Å². The molecule has 2 rings (SSSR count). The molecule has 6 heteroatoms. The second-order valence-corrected chi connectivity index (χ2v) is 8.04. The smallest absolute Gasteiger partial charge is 0.152 e. The van der Waals surface area contributed by atoms with Crippen LogP contribution in [-0.2, 0) is 16.3 Å². The van der Waals surface area contributed by atoms with E-state index in [1.54, 1.807) is 6.07 Å². The molecule has 2 atom stereocenters. The first-order chi connectivity index (χ1) is 9.82. The molecule has 1 aromatic rings. The predicted molar refractivity (Wildman–Crippen MR) is 83.8 cm³/mol. The Labute approximate surface area is 126 Å². The molecule has 0 spiro atoms. The molecule has 0 amide bonds. The largest absolute Gasteiger partial charge is 0.370 e. The maximum atomic E-state index is 13.5. The average molecular weight is 314 g/mol. The molecule has 0 aliphatic carbocycles. The number of hydrogen-bond acceptors (Lipinski definition) is 4. The number of anilines is 1. The van der Waals surface area contributed by atoms with Gasteiger partial charge in [0, 0.05) is 24.8 Å². The Kier molecular flexibility index (Phi) is 4.88. The minimum atomic E-state index is -2.94. The summed E-state index contributed by atoms with van der Waals surface area (Å²) in [6.45, 7) is 2.00. The van der Waals surface area contributed by atoms with Gasteiger partial charge in [0.2, 0.25) is 0 Å². The second-order valence-electron chi connectivity index (χ2n) is 5.81. The van der Waals surface area contributed by atoms with Crippen molar-refractivity contribution in [2.24, 2.45) is 5.73 Å². The maximum absolute atomic E-state index is 13.5. The zero-order valence-corrected chi connectivity index (χ0v) is 13.4. The Bertz CT molecular complexity index is 604. The van der Waals surface area contributed by atoms with Crippen molar-refractivity contribution in [1.82, 2.24) is 0 Å². The highest BCUT2D eigenvalue weighted by atomic mass is 32.2. The van der Waals surface area contributed by atoms with Gasteiger partial charge in [-0.1, -0.05) is 6.92 Å². The molecule has 1 heterocycles. The van der Waals surface area contributed by atoms with Crippen LogP contribution in [0.3, 0.4) is 0 Å². The van der Waals surface area contributed by atoms with E-state index in [-0.39, 0.29) is 29.4 Å². The third-order valence-electron chi connectivity index (χ3n) is 4.18. The van der Waals surface area contributed by atoms with Gasteiger partial charge in [-0.15, -0.1) is 0 Å². The number of benzene rings is 1. The summed E-state index contributed by atoms with van der Waals surface area (Å²) in [5.41, 5.74) is 7.70. The van der Waals surface area contributed by atoms with Crippen LogP contribution in [0.15, 0.2) is 18.2 Å². The molecule has 0 bridgehead atoms. The molecular formula is C15H23FN2O2S. The number of nitrogens with zero attached hydrogens (tertiary/aromatic N) is 1. The van der Waals surface area contributed by atoms with E-state index >= 15 is 0 Å². The van der Waals surface area contributed by atoms with Crippen LogP contribution in [0, 0.1) is 5.82 Å². The molecule has 2 unspecified atom stereocenters. The predicted octanol–water partition coefficient (Wildman–Crippen LogP) is 1.73. The molecule has 0 aromatic heterocycles. The van der Waals surface area contributed by atoms with E-state index in [1.165, 1.54) is 12.1 Å². The van der Waals surface area contributed by atoms with Gasteiger partial charge < -0.3 is 10.6 Å². The van der Waals surface area contributed by atoms with Gasteiger partial charge in [-0.25, -0.2) is 12.8 Å². The van der Waals surface area contributed by atoms with Crippen molar-refractivity contribution < 1.29 is 12.8 Å².